The standard InChI is InChI=1S/C20H17ClN2O5/c1-26-16-4-2-3-5-17(16)27-11-13-7-9-18(28-13)20(25)23-12-6-8-14(19(22)24)15(21)10-12/h2-10H,11H2,1H3,(H2,22,24)(H,23,25). The van der Waals surface area contributed by atoms with Crippen LogP contribution in [-0.2, 0) is 6.61 Å². The van der Waals surface area contributed by atoms with E-state index < -0.39 is 11.8 Å². The number of para-hydroxylation sites is 2. The molecule has 3 aromatic rings. The molecule has 2 aromatic carbocycles. The molecule has 0 radical (unpaired) electrons. The molecule has 0 bridgehead atoms. The van der Waals surface area contributed by atoms with Crippen LogP contribution in [0.2, 0.25) is 5.02 Å². The van der Waals surface area contributed by atoms with E-state index in [1.807, 2.05) is 12.1 Å². The first-order valence-corrected chi connectivity index (χ1v) is 8.61. The van der Waals surface area contributed by atoms with Crippen molar-refractivity contribution in [1.29, 1.82) is 0 Å². The molecule has 2 amide bonds. The molecule has 0 aliphatic rings. The number of primary amides is 1. The molecule has 28 heavy (non-hydrogen) atoms. The van der Waals surface area contributed by atoms with Crippen molar-refractivity contribution < 1.29 is 23.5 Å². The van der Waals surface area contributed by atoms with E-state index in [0.717, 1.165) is 0 Å². The fourth-order valence-electron chi connectivity index (χ4n) is 2.45. The summed E-state index contributed by atoms with van der Waals surface area (Å²) in [5.74, 6) is 0.631. The molecule has 0 unspecified atom stereocenters. The molecule has 0 saturated heterocycles. The number of halogens is 1. The van der Waals surface area contributed by atoms with Gasteiger partial charge in [0.05, 0.1) is 17.7 Å². The predicted octanol–water partition coefficient (Wildman–Crippen LogP) is 3.87. The van der Waals surface area contributed by atoms with Gasteiger partial charge in [0.1, 0.15) is 12.4 Å². The number of hydrogen-bond acceptors (Lipinski definition) is 5. The van der Waals surface area contributed by atoms with Gasteiger partial charge < -0.3 is 24.9 Å². The maximum absolute atomic E-state index is 12.3. The van der Waals surface area contributed by atoms with Crippen molar-refractivity contribution >= 4 is 29.1 Å². The summed E-state index contributed by atoms with van der Waals surface area (Å²) in [6.07, 6.45) is 0. The number of methoxy groups -OCH3 is 1. The summed E-state index contributed by atoms with van der Waals surface area (Å²) in [6.45, 7) is 0.132. The molecular formula is C20H17ClN2O5. The van der Waals surface area contributed by atoms with Crippen molar-refractivity contribution in [3.63, 3.8) is 0 Å². The second-order valence-corrected chi connectivity index (χ2v) is 6.13. The van der Waals surface area contributed by atoms with Crippen LogP contribution in [0.25, 0.3) is 0 Å². The summed E-state index contributed by atoms with van der Waals surface area (Å²) >= 11 is 5.98. The van der Waals surface area contributed by atoms with Crippen LogP contribution in [0.1, 0.15) is 26.7 Å². The minimum absolute atomic E-state index is 0.105. The molecule has 0 fully saturated rings. The van der Waals surface area contributed by atoms with Crippen LogP contribution in [0.15, 0.2) is 59.0 Å². The van der Waals surface area contributed by atoms with E-state index >= 15 is 0 Å². The number of amides is 2. The van der Waals surface area contributed by atoms with Crippen molar-refractivity contribution in [2.24, 2.45) is 5.73 Å². The Morgan fingerprint density at radius 2 is 1.86 bits per heavy atom. The Kier molecular flexibility index (Phi) is 5.86. The first-order chi connectivity index (χ1) is 13.5. The van der Waals surface area contributed by atoms with Crippen molar-refractivity contribution in [2.45, 2.75) is 6.61 Å². The van der Waals surface area contributed by atoms with Crippen LogP contribution in [-0.4, -0.2) is 18.9 Å². The van der Waals surface area contributed by atoms with Crippen LogP contribution < -0.4 is 20.5 Å². The van der Waals surface area contributed by atoms with Gasteiger partial charge in [-0.15, -0.1) is 0 Å². The van der Waals surface area contributed by atoms with Crippen molar-refractivity contribution in [3.05, 3.63) is 76.7 Å². The fraction of sp³-hybridized carbons (Fsp3) is 0.100. The summed E-state index contributed by atoms with van der Waals surface area (Å²) in [6, 6.07) is 14.8. The average molecular weight is 401 g/mol. The van der Waals surface area contributed by atoms with E-state index in [1.165, 1.54) is 24.3 Å². The smallest absolute Gasteiger partial charge is 0.291 e. The highest BCUT2D eigenvalue weighted by Gasteiger charge is 2.14. The average Bonchev–Trinajstić information content (AvgIpc) is 3.15. The monoisotopic (exact) mass is 400 g/mol. The van der Waals surface area contributed by atoms with Gasteiger partial charge in [-0.1, -0.05) is 23.7 Å². The molecule has 1 heterocycles. The van der Waals surface area contributed by atoms with Crippen LogP contribution >= 0.6 is 11.6 Å². The number of furan rings is 1. The molecular weight excluding hydrogens is 384 g/mol. The third kappa shape index (κ3) is 4.44. The Balaban J connectivity index is 1.64. The number of carbonyl (C=O) groups is 2. The number of hydrogen-bond donors (Lipinski definition) is 2. The zero-order chi connectivity index (χ0) is 20.1. The van der Waals surface area contributed by atoms with Crippen LogP contribution in [0.5, 0.6) is 11.5 Å². The Morgan fingerprint density at radius 3 is 2.54 bits per heavy atom. The molecule has 7 nitrogen and oxygen atoms in total. The topological polar surface area (TPSA) is 104 Å². The molecule has 144 valence electrons. The third-order valence-electron chi connectivity index (χ3n) is 3.82. The summed E-state index contributed by atoms with van der Waals surface area (Å²) in [4.78, 5) is 23.5. The van der Waals surface area contributed by atoms with Gasteiger partial charge in [-0.25, -0.2) is 0 Å². The molecule has 0 aliphatic carbocycles. The van der Waals surface area contributed by atoms with Crippen molar-refractivity contribution in [1.82, 2.24) is 0 Å². The summed E-state index contributed by atoms with van der Waals surface area (Å²) in [5, 5.41) is 2.79. The van der Waals surface area contributed by atoms with Gasteiger partial charge in [-0.05, 0) is 42.5 Å². The Hall–Kier alpha value is -3.45. The number of nitrogens with one attached hydrogen (secondary N) is 1. The van der Waals surface area contributed by atoms with Gasteiger partial charge in [0.2, 0.25) is 5.91 Å². The molecule has 1 aromatic heterocycles. The molecule has 0 atom stereocenters. The molecule has 0 saturated carbocycles. The SMILES string of the molecule is COc1ccccc1OCc1ccc(C(=O)Nc2ccc(C(N)=O)c(Cl)c2)o1. The summed E-state index contributed by atoms with van der Waals surface area (Å²) < 4.78 is 16.4. The van der Waals surface area contributed by atoms with E-state index in [2.05, 4.69) is 5.32 Å². The van der Waals surface area contributed by atoms with E-state index in [9.17, 15) is 9.59 Å². The minimum atomic E-state index is -0.645. The minimum Gasteiger partial charge on any atom is -0.493 e. The van der Waals surface area contributed by atoms with E-state index in [1.54, 1.807) is 25.3 Å². The van der Waals surface area contributed by atoms with Crippen LogP contribution in [0, 0.1) is 0 Å². The molecule has 3 N–H and O–H groups in total. The van der Waals surface area contributed by atoms with Crippen molar-refractivity contribution in [2.75, 3.05) is 12.4 Å². The third-order valence-corrected chi connectivity index (χ3v) is 4.13. The van der Waals surface area contributed by atoms with Crippen molar-refractivity contribution in [3.8, 4) is 11.5 Å². The number of rotatable bonds is 7. The van der Waals surface area contributed by atoms with E-state index in [4.69, 9.17) is 31.2 Å². The lowest BCUT2D eigenvalue weighted by atomic mass is 10.2. The van der Waals surface area contributed by atoms with Crippen LogP contribution in [0.3, 0.4) is 0 Å². The predicted molar refractivity (Wildman–Crippen MR) is 104 cm³/mol. The summed E-state index contributed by atoms with van der Waals surface area (Å²) in [5.41, 5.74) is 5.78. The molecule has 8 heteroatoms. The Labute approximate surface area is 166 Å². The lowest BCUT2D eigenvalue weighted by Gasteiger charge is -2.09. The first-order valence-electron chi connectivity index (χ1n) is 8.23. The van der Waals surface area contributed by atoms with Gasteiger partial charge in [-0.2, -0.15) is 0 Å². The number of anilines is 1. The maximum Gasteiger partial charge on any atom is 0.291 e. The quantitative estimate of drug-likeness (QED) is 0.626. The number of nitrogens with two attached hydrogens (primary N) is 1. The van der Waals surface area contributed by atoms with Gasteiger partial charge in [-0.3, -0.25) is 9.59 Å². The highest BCUT2D eigenvalue weighted by molar-refractivity contribution is 6.34. The van der Waals surface area contributed by atoms with Crippen LogP contribution in [0.4, 0.5) is 5.69 Å². The Morgan fingerprint density at radius 1 is 1.11 bits per heavy atom. The Bertz CT molecular complexity index is 1020. The molecule has 3 rings (SSSR count). The van der Waals surface area contributed by atoms with Gasteiger partial charge in [0.15, 0.2) is 17.3 Å². The summed E-state index contributed by atoms with van der Waals surface area (Å²) in [7, 11) is 1.56. The van der Waals surface area contributed by atoms with E-state index in [0.29, 0.717) is 22.9 Å². The zero-order valence-electron chi connectivity index (χ0n) is 14.9. The zero-order valence-corrected chi connectivity index (χ0v) is 15.7. The lowest BCUT2D eigenvalue weighted by molar-refractivity contribution is 0.0988. The van der Waals surface area contributed by atoms with Gasteiger partial charge in [0.25, 0.3) is 5.91 Å². The largest absolute Gasteiger partial charge is 0.493 e. The second kappa shape index (κ2) is 8.49. The van der Waals surface area contributed by atoms with Gasteiger partial charge in [0, 0.05) is 5.69 Å². The lowest BCUT2D eigenvalue weighted by Crippen LogP contribution is -2.13. The fourth-order valence-corrected chi connectivity index (χ4v) is 2.72. The van der Waals surface area contributed by atoms with E-state index in [-0.39, 0.29) is 23.0 Å². The number of carbonyl (C=O) groups excluding carboxylic acids is 2. The highest BCUT2D eigenvalue weighted by atomic mass is 35.5. The molecule has 0 spiro atoms. The van der Waals surface area contributed by atoms with Gasteiger partial charge >= 0.3 is 0 Å². The molecule has 0 aliphatic heterocycles. The number of ether oxygens (including phenoxy) is 2. The maximum atomic E-state index is 12.3. The highest BCUT2D eigenvalue weighted by Crippen LogP contribution is 2.27. The second-order valence-electron chi connectivity index (χ2n) is 5.72. The normalized spacial score (nSPS) is 10.4. The number of benzene rings is 2. The first kappa shape index (κ1) is 19.3.